The van der Waals surface area contributed by atoms with Crippen molar-refractivity contribution in [1.82, 2.24) is 15.6 Å². The number of hydrogen-bond acceptors (Lipinski definition) is 4. The van der Waals surface area contributed by atoms with E-state index in [9.17, 15) is 4.79 Å². The Bertz CT molecular complexity index is 230. The molecule has 0 fully saturated rings. The van der Waals surface area contributed by atoms with Crippen LogP contribution in [-0.4, -0.2) is 57.7 Å². The molecule has 0 radical (unpaired) electrons. The SMILES string of the molecule is COCCCNC(=NCC(=O)N(C)C)NN. The standard InChI is InChI=1S/C9H21N5O2/c1-14(2)8(15)7-12-9(13-10)11-5-4-6-16-3/h4-7,10H2,1-3H3,(H2,11,12,13). The van der Waals surface area contributed by atoms with E-state index in [1.807, 2.05) is 0 Å². The van der Waals surface area contributed by atoms with Crippen LogP contribution >= 0.6 is 0 Å². The van der Waals surface area contributed by atoms with Gasteiger partial charge in [-0.2, -0.15) is 0 Å². The van der Waals surface area contributed by atoms with Crippen molar-refractivity contribution < 1.29 is 9.53 Å². The van der Waals surface area contributed by atoms with Gasteiger partial charge in [-0.05, 0) is 6.42 Å². The molecule has 0 rings (SSSR count). The van der Waals surface area contributed by atoms with Crippen LogP contribution in [0.25, 0.3) is 0 Å². The Labute approximate surface area is 96.0 Å². The first-order valence-corrected chi connectivity index (χ1v) is 5.05. The van der Waals surface area contributed by atoms with Crippen LogP contribution in [0.2, 0.25) is 0 Å². The van der Waals surface area contributed by atoms with Crippen molar-refractivity contribution in [2.75, 3.05) is 40.9 Å². The molecule has 0 aliphatic heterocycles. The Morgan fingerprint density at radius 2 is 2.19 bits per heavy atom. The van der Waals surface area contributed by atoms with Crippen molar-refractivity contribution in [2.24, 2.45) is 10.8 Å². The van der Waals surface area contributed by atoms with Crippen LogP contribution in [0.15, 0.2) is 4.99 Å². The van der Waals surface area contributed by atoms with E-state index in [2.05, 4.69) is 15.7 Å². The molecule has 0 aromatic carbocycles. The lowest BCUT2D eigenvalue weighted by atomic mass is 10.4. The van der Waals surface area contributed by atoms with Gasteiger partial charge in [0.25, 0.3) is 0 Å². The fraction of sp³-hybridized carbons (Fsp3) is 0.778. The summed E-state index contributed by atoms with van der Waals surface area (Å²) in [5.41, 5.74) is 2.40. The van der Waals surface area contributed by atoms with Crippen molar-refractivity contribution in [3.8, 4) is 0 Å². The molecule has 0 aliphatic rings. The smallest absolute Gasteiger partial charge is 0.243 e. The number of methoxy groups -OCH3 is 1. The summed E-state index contributed by atoms with van der Waals surface area (Å²) < 4.78 is 4.89. The van der Waals surface area contributed by atoms with Crippen LogP contribution < -0.4 is 16.6 Å². The number of guanidine groups is 1. The van der Waals surface area contributed by atoms with Gasteiger partial charge in [-0.25, -0.2) is 10.8 Å². The number of nitrogens with zero attached hydrogens (tertiary/aromatic N) is 2. The third kappa shape index (κ3) is 7.02. The molecule has 0 heterocycles. The van der Waals surface area contributed by atoms with Crippen molar-refractivity contribution in [3.63, 3.8) is 0 Å². The number of ether oxygens (including phenoxy) is 1. The first-order valence-electron chi connectivity index (χ1n) is 5.05. The third-order valence-corrected chi connectivity index (χ3v) is 1.83. The second kappa shape index (κ2) is 8.93. The van der Waals surface area contributed by atoms with Gasteiger partial charge < -0.3 is 15.0 Å². The summed E-state index contributed by atoms with van der Waals surface area (Å²) in [5.74, 6) is 5.58. The van der Waals surface area contributed by atoms with Crippen LogP contribution in [0.4, 0.5) is 0 Å². The van der Waals surface area contributed by atoms with Gasteiger partial charge in [0, 0.05) is 34.4 Å². The molecule has 0 aromatic heterocycles. The maximum Gasteiger partial charge on any atom is 0.243 e. The van der Waals surface area contributed by atoms with Crippen molar-refractivity contribution in [2.45, 2.75) is 6.42 Å². The molecule has 16 heavy (non-hydrogen) atoms. The maximum atomic E-state index is 11.2. The number of amides is 1. The van der Waals surface area contributed by atoms with E-state index in [1.165, 1.54) is 4.90 Å². The van der Waals surface area contributed by atoms with E-state index in [0.717, 1.165) is 6.42 Å². The van der Waals surface area contributed by atoms with E-state index >= 15 is 0 Å². The quantitative estimate of drug-likeness (QED) is 0.170. The first-order chi connectivity index (χ1) is 7.61. The Kier molecular flexibility index (Phi) is 8.18. The van der Waals surface area contributed by atoms with Crippen LogP contribution in [0.5, 0.6) is 0 Å². The average molecular weight is 231 g/mol. The Morgan fingerprint density at radius 3 is 2.69 bits per heavy atom. The molecular formula is C9H21N5O2. The molecule has 0 aliphatic carbocycles. The van der Waals surface area contributed by atoms with E-state index in [4.69, 9.17) is 10.6 Å². The van der Waals surface area contributed by atoms with Crippen molar-refractivity contribution in [1.29, 1.82) is 0 Å². The first kappa shape index (κ1) is 14.7. The van der Waals surface area contributed by atoms with E-state index < -0.39 is 0 Å². The fourth-order valence-electron chi connectivity index (χ4n) is 0.864. The molecule has 0 atom stereocenters. The highest BCUT2D eigenvalue weighted by molar-refractivity contribution is 5.84. The maximum absolute atomic E-state index is 11.2. The Balaban J connectivity index is 3.88. The zero-order valence-corrected chi connectivity index (χ0v) is 10.1. The van der Waals surface area contributed by atoms with Gasteiger partial charge in [0.2, 0.25) is 11.9 Å². The predicted molar refractivity (Wildman–Crippen MR) is 62.8 cm³/mol. The Morgan fingerprint density at radius 1 is 1.50 bits per heavy atom. The topological polar surface area (TPSA) is 92.0 Å². The minimum absolute atomic E-state index is 0.0732. The number of nitrogens with one attached hydrogen (secondary N) is 2. The van der Waals surface area contributed by atoms with E-state index in [-0.39, 0.29) is 12.5 Å². The van der Waals surface area contributed by atoms with Gasteiger partial charge in [-0.15, -0.1) is 0 Å². The highest BCUT2D eigenvalue weighted by Crippen LogP contribution is 1.81. The molecule has 0 unspecified atom stereocenters. The summed E-state index contributed by atoms with van der Waals surface area (Å²) in [4.78, 5) is 16.7. The van der Waals surface area contributed by atoms with E-state index in [0.29, 0.717) is 19.1 Å². The largest absolute Gasteiger partial charge is 0.385 e. The summed E-state index contributed by atoms with van der Waals surface area (Å²) in [7, 11) is 5.00. The van der Waals surface area contributed by atoms with Crippen molar-refractivity contribution >= 4 is 11.9 Å². The van der Waals surface area contributed by atoms with Crippen LogP contribution in [-0.2, 0) is 9.53 Å². The minimum atomic E-state index is -0.0774. The lowest BCUT2D eigenvalue weighted by molar-refractivity contribution is -0.127. The minimum Gasteiger partial charge on any atom is -0.385 e. The summed E-state index contributed by atoms with van der Waals surface area (Å²) in [6, 6.07) is 0. The second-order valence-electron chi connectivity index (χ2n) is 3.37. The molecule has 0 aromatic rings. The van der Waals surface area contributed by atoms with Gasteiger partial charge in [0.1, 0.15) is 6.54 Å². The molecule has 4 N–H and O–H groups in total. The normalized spacial score (nSPS) is 11.1. The summed E-state index contributed by atoms with van der Waals surface area (Å²) in [5, 5.41) is 2.96. The molecule has 94 valence electrons. The molecule has 0 spiro atoms. The highest BCUT2D eigenvalue weighted by atomic mass is 16.5. The predicted octanol–water partition coefficient (Wildman–Crippen LogP) is -1.48. The zero-order chi connectivity index (χ0) is 12.4. The molecule has 0 saturated carbocycles. The second-order valence-corrected chi connectivity index (χ2v) is 3.37. The molecule has 7 heteroatoms. The lowest BCUT2D eigenvalue weighted by Crippen LogP contribution is -2.42. The summed E-state index contributed by atoms with van der Waals surface area (Å²) in [6.45, 7) is 1.43. The summed E-state index contributed by atoms with van der Waals surface area (Å²) >= 11 is 0. The summed E-state index contributed by atoms with van der Waals surface area (Å²) in [6.07, 6.45) is 0.846. The average Bonchev–Trinajstić information content (AvgIpc) is 2.27. The van der Waals surface area contributed by atoms with Crippen LogP contribution in [0.1, 0.15) is 6.42 Å². The molecule has 1 amide bonds. The molecule has 0 bridgehead atoms. The number of rotatable bonds is 6. The van der Waals surface area contributed by atoms with Gasteiger partial charge in [0.15, 0.2) is 0 Å². The number of hydrazine groups is 1. The number of carbonyl (C=O) groups is 1. The number of aliphatic imine (C=N–C) groups is 1. The third-order valence-electron chi connectivity index (χ3n) is 1.83. The molecule has 7 nitrogen and oxygen atoms in total. The monoisotopic (exact) mass is 231 g/mol. The lowest BCUT2D eigenvalue weighted by Gasteiger charge is -2.10. The van der Waals surface area contributed by atoms with Gasteiger partial charge in [-0.3, -0.25) is 10.2 Å². The van der Waals surface area contributed by atoms with E-state index in [1.54, 1.807) is 21.2 Å². The van der Waals surface area contributed by atoms with Gasteiger partial charge in [-0.1, -0.05) is 0 Å². The fourth-order valence-corrected chi connectivity index (χ4v) is 0.864. The highest BCUT2D eigenvalue weighted by Gasteiger charge is 2.02. The van der Waals surface area contributed by atoms with Crippen molar-refractivity contribution in [3.05, 3.63) is 0 Å². The van der Waals surface area contributed by atoms with Crippen LogP contribution in [0, 0.1) is 0 Å². The number of hydrogen-bond donors (Lipinski definition) is 3. The zero-order valence-electron chi connectivity index (χ0n) is 10.1. The van der Waals surface area contributed by atoms with Gasteiger partial charge >= 0.3 is 0 Å². The number of nitrogens with two attached hydrogens (primary N) is 1. The van der Waals surface area contributed by atoms with Crippen LogP contribution in [0.3, 0.4) is 0 Å². The number of carbonyl (C=O) groups excluding carboxylic acids is 1. The molecular weight excluding hydrogens is 210 g/mol. The molecule has 0 saturated heterocycles. The Hall–Kier alpha value is -1.34. The van der Waals surface area contributed by atoms with Gasteiger partial charge in [0.05, 0.1) is 0 Å². The number of likely N-dealkylation sites (N-methyl/N-ethyl adjacent to an activating group) is 1.